The average molecular weight is 549 g/mol. The number of hydrogen-bond acceptors (Lipinski definition) is 5. The van der Waals surface area contributed by atoms with Crippen molar-refractivity contribution in [2.75, 3.05) is 45.9 Å². The van der Waals surface area contributed by atoms with Gasteiger partial charge in [-0.15, -0.1) is 0 Å². The molecule has 1 saturated heterocycles. The first kappa shape index (κ1) is 30.1. The third kappa shape index (κ3) is 9.07. The number of hydrogen-bond donors (Lipinski definition) is 2. The molecule has 2 aromatic rings. The van der Waals surface area contributed by atoms with Crippen molar-refractivity contribution in [2.45, 2.75) is 71.4 Å². The van der Waals surface area contributed by atoms with E-state index in [1.807, 2.05) is 24.3 Å². The predicted molar refractivity (Wildman–Crippen MR) is 160 cm³/mol. The smallest absolute Gasteiger partial charge is 0.251 e. The van der Waals surface area contributed by atoms with E-state index in [9.17, 15) is 9.59 Å². The molecule has 2 aliphatic heterocycles. The summed E-state index contributed by atoms with van der Waals surface area (Å²) in [4.78, 5) is 31.3. The molecule has 2 aromatic carbocycles. The van der Waals surface area contributed by atoms with E-state index in [1.165, 1.54) is 24.8 Å². The van der Waals surface area contributed by atoms with E-state index >= 15 is 0 Å². The van der Waals surface area contributed by atoms with Gasteiger partial charge >= 0.3 is 0 Å². The first-order valence-electron chi connectivity index (χ1n) is 15.3. The summed E-state index contributed by atoms with van der Waals surface area (Å²) in [5, 5.41) is 6.36. The van der Waals surface area contributed by atoms with E-state index < -0.39 is 0 Å². The predicted octanol–water partition coefficient (Wildman–Crippen LogP) is 5.17. The molecule has 0 aromatic heterocycles. The lowest BCUT2D eigenvalue weighted by Crippen LogP contribution is -2.41. The second-order valence-corrected chi connectivity index (χ2v) is 11.7. The highest BCUT2D eigenvalue weighted by molar-refractivity contribution is 5.96. The fraction of sp³-hybridized carbons (Fsp3) is 0.576. The second kappa shape index (κ2) is 15.8. The lowest BCUT2D eigenvalue weighted by molar-refractivity contribution is -0.122. The fourth-order valence-corrected chi connectivity index (χ4v) is 5.68. The number of carbonyl (C=O) groups excluding carboxylic acids is 2. The molecular weight excluding hydrogens is 500 g/mol. The van der Waals surface area contributed by atoms with Crippen molar-refractivity contribution >= 4 is 11.8 Å². The van der Waals surface area contributed by atoms with Crippen LogP contribution in [0.1, 0.15) is 86.3 Å². The molecule has 0 radical (unpaired) electrons. The summed E-state index contributed by atoms with van der Waals surface area (Å²) in [6.45, 7) is 9.93. The average Bonchev–Trinajstić information content (AvgIpc) is 2.98. The van der Waals surface area contributed by atoms with E-state index in [-0.39, 0.29) is 17.9 Å². The van der Waals surface area contributed by atoms with Gasteiger partial charge < -0.3 is 15.4 Å². The zero-order chi connectivity index (χ0) is 28.2. The van der Waals surface area contributed by atoms with E-state index in [4.69, 9.17) is 4.74 Å². The number of nitrogens with one attached hydrogen (secondary N) is 2. The van der Waals surface area contributed by atoms with Crippen LogP contribution in [0.5, 0.6) is 5.75 Å². The Hall–Kier alpha value is -2.90. The van der Waals surface area contributed by atoms with Crippen LogP contribution in [0.25, 0.3) is 0 Å². The minimum Gasteiger partial charge on any atom is -0.493 e. The van der Waals surface area contributed by atoms with Crippen LogP contribution in [-0.2, 0) is 11.3 Å². The Morgan fingerprint density at radius 3 is 2.50 bits per heavy atom. The monoisotopic (exact) mass is 548 g/mol. The third-order valence-corrected chi connectivity index (χ3v) is 8.02. The molecule has 4 rings (SSSR count). The Bertz CT molecular complexity index is 1070. The molecule has 0 bridgehead atoms. The second-order valence-electron chi connectivity index (χ2n) is 11.7. The normalized spacial score (nSPS) is 18.8. The maximum Gasteiger partial charge on any atom is 0.251 e. The number of nitrogens with zero attached hydrogens (tertiary/aromatic N) is 2. The summed E-state index contributed by atoms with van der Waals surface area (Å²) < 4.78 is 6.26. The molecule has 2 amide bonds. The molecule has 0 spiro atoms. The van der Waals surface area contributed by atoms with Gasteiger partial charge in [0.25, 0.3) is 5.91 Å². The zero-order valence-corrected chi connectivity index (χ0v) is 24.5. The molecule has 7 heteroatoms. The molecule has 0 saturated carbocycles. The topological polar surface area (TPSA) is 73.9 Å². The van der Waals surface area contributed by atoms with Crippen LogP contribution in [0.3, 0.4) is 0 Å². The molecule has 2 N–H and O–H groups in total. The van der Waals surface area contributed by atoms with Gasteiger partial charge in [-0.2, -0.15) is 0 Å². The first-order valence-corrected chi connectivity index (χ1v) is 15.3. The van der Waals surface area contributed by atoms with Gasteiger partial charge in [-0.05, 0) is 81.8 Å². The highest BCUT2D eigenvalue weighted by atomic mass is 16.5. The van der Waals surface area contributed by atoms with Crippen molar-refractivity contribution in [3.8, 4) is 5.75 Å². The first-order chi connectivity index (χ1) is 19.5. The largest absolute Gasteiger partial charge is 0.493 e. The molecule has 40 heavy (non-hydrogen) atoms. The molecule has 218 valence electrons. The van der Waals surface area contributed by atoms with Crippen LogP contribution in [0.4, 0.5) is 0 Å². The van der Waals surface area contributed by atoms with Crippen LogP contribution < -0.4 is 15.4 Å². The third-order valence-electron chi connectivity index (χ3n) is 8.02. The SMILES string of the molecule is CC(C)CCN1CC(=O)NCCCCCOc2cccc(C(=O)NCC(c3ccccc3)N3CCCCC3)c2C1. The number of rotatable bonds is 8. The van der Waals surface area contributed by atoms with Gasteiger partial charge in [0.2, 0.25) is 5.91 Å². The van der Waals surface area contributed by atoms with E-state index in [1.54, 1.807) is 0 Å². The van der Waals surface area contributed by atoms with Crippen LogP contribution in [0.2, 0.25) is 0 Å². The Kier molecular flexibility index (Phi) is 11.9. The van der Waals surface area contributed by atoms with E-state index in [2.05, 4.69) is 58.5 Å². The Morgan fingerprint density at radius 1 is 0.950 bits per heavy atom. The van der Waals surface area contributed by atoms with Crippen molar-refractivity contribution < 1.29 is 14.3 Å². The Morgan fingerprint density at radius 2 is 1.73 bits per heavy atom. The summed E-state index contributed by atoms with van der Waals surface area (Å²) >= 11 is 0. The number of amides is 2. The number of piperidine rings is 1. The van der Waals surface area contributed by atoms with Gasteiger partial charge in [0.15, 0.2) is 0 Å². The van der Waals surface area contributed by atoms with Crippen molar-refractivity contribution in [3.63, 3.8) is 0 Å². The molecule has 1 atom stereocenters. The van der Waals surface area contributed by atoms with Gasteiger partial charge in [0.1, 0.15) is 5.75 Å². The van der Waals surface area contributed by atoms with Gasteiger partial charge in [-0.1, -0.05) is 56.7 Å². The summed E-state index contributed by atoms with van der Waals surface area (Å²) in [5.74, 6) is 1.22. The number of ether oxygens (including phenoxy) is 1. The number of carbonyl (C=O) groups is 2. The van der Waals surface area contributed by atoms with E-state index in [0.717, 1.165) is 56.6 Å². The lowest BCUT2D eigenvalue weighted by Gasteiger charge is -2.35. The summed E-state index contributed by atoms with van der Waals surface area (Å²) in [6.07, 6.45) is 7.48. The maximum absolute atomic E-state index is 13.8. The number of likely N-dealkylation sites (tertiary alicyclic amines) is 1. The Balaban J connectivity index is 1.57. The molecule has 2 heterocycles. The summed E-state index contributed by atoms with van der Waals surface area (Å²) in [6, 6.07) is 16.4. The summed E-state index contributed by atoms with van der Waals surface area (Å²) in [7, 11) is 0. The number of benzene rings is 2. The van der Waals surface area contributed by atoms with Crippen molar-refractivity contribution in [1.82, 2.24) is 20.4 Å². The minimum absolute atomic E-state index is 0.0413. The maximum atomic E-state index is 13.8. The van der Waals surface area contributed by atoms with Gasteiger partial charge in [-0.3, -0.25) is 19.4 Å². The van der Waals surface area contributed by atoms with Crippen LogP contribution >= 0.6 is 0 Å². The van der Waals surface area contributed by atoms with Crippen molar-refractivity contribution in [1.29, 1.82) is 0 Å². The van der Waals surface area contributed by atoms with Gasteiger partial charge in [-0.25, -0.2) is 0 Å². The summed E-state index contributed by atoms with van der Waals surface area (Å²) in [5.41, 5.74) is 2.73. The quantitative estimate of drug-likeness (QED) is 0.476. The zero-order valence-electron chi connectivity index (χ0n) is 24.5. The highest BCUT2D eigenvalue weighted by Crippen LogP contribution is 2.27. The molecule has 0 aliphatic carbocycles. The standard InChI is InChI=1S/C33H48N4O3/c1-26(2)17-21-36-24-29-28(15-12-16-31(29)40-22-11-4-8-18-34-32(38)25-36)33(39)35-23-30(27-13-6-3-7-14-27)37-19-9-5-10-20-37/h3,6-7,12-16,26,30H,4-5,8-11,17-25H2,1-2H3,(H,34,38)(H,35,39). The Labute approximate surface area is 240 Å². The molecule has 1 fully saturated rings. The highest BCUT2D eigenvalue weighted by Gasteiger charge is 2.25. The number of fused-ring (bicyclic) bond motifs is 1. The van der Waals surface area contributed by atoms with Gasteiger partial charge in [0, 0.05) is 30.8 Å². The van der Waals surface area contributed by atoms with Crippen LogP contribution in [0, 0.1) is 5.92 Å². The van der Waals surface area contributed by atoms with Crippen molar-refractivity contribution in [3.05, 3.63) is 65.2 Å². The van der Waals surface area contributed by atoms with E-state index in [0.29, 0.717) is 44.3 Å². The molecule has 1 unspecified atom stereocenters. The van der Waals surface area contributed by atoms with Crippen molar-refractivity contribution in [2.24, 2.45) is 5.92 Å². The fourth-order valence-electron chi connectivity index (χ4n) is 5.68. The minimum atomic E-state index is -0.0871. The van der Waals surface area contributed by atoms with Gasteiger partial charge in [0.05, 0.1) is 19.2 Å². The van der Waals surface area contributed by atoms with Crippen LogP contribution in [-0.4, -0.2) is 67.5 Å². The lowest BCUT2D eigenvalue weighted by atomic mass is 10.0. The van der Waals surface area contributed by atoms with Crippen LogP contribution in [0.15, 0.2) is 48.5 Å². The molecule has 7 nitrogen and oxygen atoms in total. The molecule has 2 aliphatic rings. The molecular formula is C33H48N4O3.